The minimum Gasteiger partial charge on any atom is -0.342 e. The lowest BCUT2D eigenvalue weighted by Crippen LogP contribution is -2.48. The molecule has 2 heterocycles. The summed E-state index contributed by atoms with van der Waals surface area (Å²) in [4.78, 5) is 28.8. The van der Waals surface area contributed by atoms with Crippen molar-refractivity contribution in [2.45, 2.75) is 32.1 Å². The largest absolute Gasteiger partial charge is 0.342 e. The average molecular weight is 315 g/mol. The van der Waals surface area contributed by atoms with Crippen LogP contribution in [-0.4, -0.2) is 47.9 Å². The molecule has 1 aromatic carbocycles. The van der Waals surface area contributed by atoms with E-state index in [2.05, 4.69) is 5.32 Å². The maximum absolute atomic E-state index is 12.6. The molecular weight excluding hydrogens is 290 g/mol. The molecule has 23 heavy (non-hydrogen) atoms. The molecule has 3 rings (SSSR count). The van der Waals surface area contributed by atoms with E-state index in [1.807, 2.05) is 35.2 Å². The molecule has 0 unspecified atom stereocenters. The number of nitrogens with one attached hydrogen (secondary N) is 1. The molecule has 2 aliphatic heterocycles. The molecule has 2 fully saturated rings. The number of hydrogen-bond acceptors (Lipinski definition) is 2. The van der Waals surface area contributed by atoms with Crippen LogP contribution >= 0.6 is 0 Å². The molecule has 3 amide bonds. The fourth-order valence-electron chi connectivity index (χ4n) is 3.46. The Morgan fingerprint density at radius 1 is 0.913 bits per heavy atom. The van der Waals surface area contributed by atoms with Crippen molar-refractivity contribution in [2.24, 2.45) is 5.92 Å². The van der Waals surface area contributed by atoms with Crippen LogP contribution in [0.1, 0.15) is 32.1 Å². The normalized spacial score (nSPS) is 21.8. The van der Waals surface area contributed by atoms with E-state index < -0.39 is 0 Å². The van der Waals surface area contributed by atoms with E-state index in [4.69, 9.17) is 0 Å². The van der Waals surface area contributed by atoms with Gasteiger partial charge in [0, 0.05) is 31.9 Å². The highest BCUT2D eigenvalue weighted by Crippen LogP contribution is 2.22. The van der Waals surface area contributed by atoms with E-state index in [9.17, 15) is 9.59 Å². The predicted octanol–water partition coefficient (Wildman–Crippen LogP) is 2.94. The third kappa shape index (κ3) is 4.03. The molecule has 124 valence electrons. The Morgan fingerprint density at radius 2 is 1.61 bits per heavy atom. The number of likely N-dealkylation sites (tertiary alicyclic amines) is 2. The van der Waals surface area contributed by atoms with Crippen LogP contribution in [-0.2, 0) is 4.79 Å². The average Bonchev–Trinajstić information content (AvgIpc) is 2.63. The Bertz CT molecular complexity index is 540. The molecule has 2 saturated heterocycles. The Balaban J connectivity index is 1.57. The summed E-state index contributed by atoms with van der Waals surface area (Å²) in [5.74, 6) is 0.199. The van der Waals surface area contributed by atoms with Crippen molar-refractivity contribution in [2.75, 3.05) is 31.5 Å². The first-order valence-corrected chi connectivity index (χ1v) is 8.64. The molecule has 5 nitrogen and oxygen atoms in total. The van der Waals surface area contributed by atoms with Gasteiger partial charge >= 0.3 is 6.03 Å². The molecule has 0 saturated carbocycles. The van der Waals surface area contributed by atoms with E-state index >= 15 is 0 Å². The Kier molecular flexibility index (Phi) is 5.16. The standard InChI is InChI=1S/C18H25N3O2/c22-17(20-11-5-2-6-12-20)15-8-7-13-21(14-15)18(23)19-16-9-3-1-4-10-16/h1,3-4,9-10,15H,2,5-8,11-14H2,(H,19,23)/t15-/m1/s1. The number of carbonyl (C=O) groups is 2. The third-order valence-corrected chi connectivity index (χ3v) is 4.75. The van der Waals surface area contributed by atoms with Crippen molar-refractivity contribution < 1.29 is 9.59 Å². The molecule has 1 aromatic rings. The Labute approximate surface area is 137 Å². The zero-order chi connectivity index (χ0) is 16.1. The first-order valence-electron chi connectivity index (χ1n) is 8.64. The van der Waals surface area contributed by atoms with Crippen molar-refractivity contribution in [3.8, 4) is 0 Å². The van der Waals surface area contributed by atoms with Crippen LogP contribution in [0.2, 0.25) is 0 Å². The van der Waals surface area contributed by atoms with Gasteiger partial charge in [-0.05, 0) is 44.2 Å². The van der Waals surface area contributed by atoms with Crippen LogP contribution in [0.15, 0.2) is 30.3 Å². The van der Waals surface area contributed by atoms with Crippen molar-refractivity contribution in [1.82, 2.24) is 9.80 Å². The van der Waals surface area contributed by atoms with Gasteiger partial charge in [-0.3, -0.25) is 4.79 Å². The third-order valence-electron chi connectivity index (χ3n) is 4.75. The van der Waals surface area contributed by atoms with Gasteiger partial charge in [-0.1, -0.05) is 18.2 Å². The Morgan fingerprint density at radius 3 is 2.35 bits per heavy atom. The molecule has 1 N–H and O–H groups in total. The summed E-state index contributed by atoms with van der Waals surface area (Å²) in [5.41, 5.74) is 0.794. The number of para-hydroxylation sites is 1. The fraction of sp³-hybridized carbons (Fsp3) is 0.556. The lowest BCUT2D eigenvalue weighted by atomic mass is 9.95. The highest BCUT2D eigenvalue weighted by Gasteiger charge is 2.31. The maximum atomic E-state index is 12.6. The minimum absolute atomic E-state index is 0.0385. The van der Waals surface area contributed by atoms with Crippen LogP contribution in [0.25, 0.3) is 0 Å². The van der Waals surface area contributed by atoms with E-state index in [0.717, 1.165) is 51.0 Å². The molecule has 0 bridgehead atoms. The number of nitrogens with zero attached hydrogens (tertiary/aromatic N) is 2. The van der Waals surface area contributed by atoms with Gasteiger partial charge in [0.15, 0.2) is 0 Å². The van der Waals surface area contributed by atoms with Gasteiger partial charge in [-0.25, -0.2) is 4.79 Å². The van der Waals surface area contributed by atoms with E-state index in [1.54, 1.807) is 4.90 Å². The molecule has 1 atom stereocenters. The van der Waals surface area contributed by atoms with Crippen molar-refractivity contribution in [1.29, 1.82) is 0 Å². The molecule has 0 spiro atoms. The number of piperidine rings is 2. The van der Waals surface area contributed by atoms with Gasteiger partial charge in [-0.15, -0.1) is 0 Å². The summed E-state index contributed by atoms with van der Waals surface area (Å²) in [6, 6.07) is 9.36. The second-order valence-corrected chi connectivity index (χ2v) is 6.47. The second kappa shape index (κ2) is 7.49. The molecule has 5 heteroatoms. The molecule has 2 aliphatic rings. The first-order chi connectivity index (χ1) is 11.2. The van der Waals surface area contributed by atoms with E-state index in [1.165, 1.54) is 6.42 Å². The number of urea groups is 1. The van der Waals surface area contributed by atoms with E-state index in [-0.39, 0.29) is 17.9 Å². The fourth-order valence-corrected chi connectivity index (χ4v) is 3.46. The van der Waals surface area contributed by atoms with Crippen molar-refractivity contribution in [3.05, 3.63) is 30.3 Å². The zero-order valence-corrected chi connectivity index (χ0v) is 13.5. The van der Waals surface area contributed by atoms with Crippen molar-refractivity contribution in [3.63, 3.8) is 0 Å². The molecule has 0 aromatic heterocycles. The summed E-state index contributed by atoms with van der Waals surface area (Å²) >= 11 is 0. The van der Waals surface area contributed by atoms with Gasteiger partial charge in [0.25, 0.3) is 0 Å². The molecule has 0 radical (unpaired) electrons. The highest BCUT2D eigenvalue weighted by molar-refractivity contribution is 5.90. The molecular formula is C18H25N3O2. The number of benzene rings is 1. The SMILES string of the molecule is O=C(Nc1ccccc1)N1CCC[C@@H](C(=O)N2CCCCC2)C1. The minimum atomic E-state index is -0.104. The number of hydrogen-bond donors (Lipinski definition) is 1. The lowest BCUT2D eigenvalue weighted by Gasteiger charge is -2.36. The van der Waals surface area contributed by atoms with Gasteiger partial charge < -0.3 is 15.1 Å². The van der Waals surface area contributed by atoms with Crippen LogP contribution in [0.3, 0.4) is 0 Å². The predicted molar refractivity (Wildman–Crippen MR) is 90.2 cm³/mol. The quantitative estimate of drug-likeness (QED) is 0.912. The zero-order valence-electron chi connectivity index (χ0n) is 13.5. The summed E-state index contributed by atoms with van der Waals surface area (Å²) in [6.45, 7) is 3.02. The highest BCUT2D eigenvalue weighted by atomic mass is 16.2. The van der Waals surface area contributed by atoms with E-state index in [0.29, 0.717) is 6.54 Å². The van der Waals surface area contributed by atoms with Crippen LogP contribution in [0.5, 0.6) is 0 Å². The topological polar surface area (TPSA) is 52.7 Å². The van der Waals surface area contributed by atoms with Crippen LogP contribution < -0.4 is 5.32 Å². The number of anilines is 1. The first kappa shape index (κ1) is 15.8. The summed E-state index contributed by atoms with van der Waals surface area (Å²) in [7, 11) is 0. The summed E-state index contributed by atoms with van der Waals surface area (Å²) in [5, 5.41) is 2.91. The lowest BCUT2D eigenvalue weighted by molar-refractivity contribution is -0.137. The van der Waals surface area contributed by atoms with Gasteiger partial charge in [0.05, 0.1) is 5.92 Å². The number of carbonyl (C=O) groups excluding carboxylic acids is 2. The monoisotopic (exact) mass is 315 g/mol. The number of rotatable bonds is 2. The van der Waals surface area contributed by atoms with Gasteiger partial charge in [0.2, 0.25) is 5.91 Å². The number of amides is 3. The van der Waals surface area contributed by atoms with Crippen molar-refractivity contribution >= 4 is 17.6 Å². The summed E-state index contributed by atoms with van der Waals surface area (Å²) < 4.78 is 0. The Hall–Kier alpha value is -2.04. The molecule has 0 aliphatic carbocycles. The van der Waals surface area contributed by atoms with Gasteiger partial charge in [0.1, 0.15) is 0 Å². The van der Waals surface area contributed by atoms with Crippen LogP contribution in [0.4, 0.5) is 10.5 Å². The smallest absolute Gasteiger partial charge is 0.321 e. The summed E-state index contributed by atoms with van der Waals surface area (Å²) in [6.07, 6.45) is 5.23. The van der Waals surface area contributed by atoms with Crippen LogP contribution in [0, 0.1) is 5.92 Å². The van der Waals surface area contributed by atoms with Gasteiger partial charge in [-0.2, -0.15) is 0 Å². The second-order valence-electron chi connectivity index (χ2n) is 6.47. The maximum Gasteiger partial charge on any atom is 0.321 e.